The monoisotopic (exact) mass is 162 g/mol. The lowest BCUT2D eigenvalue weighted by molar-refractivity contribution is 0.424. The van der Waals surface area contributed by atoms with Crippen molar-refractivity contribution in [2.45, 2.75) is 12.8 Å². The lowest BCUT2D eigenvalue weighted by Gasteiger charge is -2.23. The second kappa shape index (κ2) is 4.08. The first-order valence-electron chi connectivity index (χ1n) is 4.24. The van der Waals surface area contributed by atoms with E-state index in [4.69, 9.17) is 5.26 Å². The highest BCUT2D eigenvalue weighted by atomic mass is 14.9. The minimum atomic E-state index is 0.471. The Labute approximate surface area is 73.6 Å². The lowest BCUT2D eigenvalue weighted by Crippen LogP contribution is -2.28. The maximum Gasteiger partial charge on any atom is 0.0988 e. The fourth-order valence-corrected chi connectivity index (χ4v) is 1.49. The minimum absolute atomic E-state index is 0.471. The molecule has 0 aromatic rings. The van der Waals surface area contributed by atoms with Crippen LogP contribution in [0.25, 0.3) is 0 Å². The van der Waals surface area contributed by atoms with Gasteiger partial charge in [-0.1, -0.05) is 13.2 Å². The van der Waals surface area contributed by atoms with Gasteiger partial charge >= 0.3 is 0 Å². The van der Waals surface area contributed by atoms with Crippen LogP contribution in [0, 0.1) is 17.2 Å². The van der Waals surface area contributed by atoms with Crippen LogP contribution in [0.4, 0.5) is 0 Å². The van der Waals surface area contributed by atoms with Gasteiger partial charge in [0.1, 0.15) is 0 Å². The van der Waals surface area contributed by atoms with Crippen LogP contribution in [-0.2, 0) is 0 Å². The van der Waals surface area contributed by atoms with Gasteiger partial charge in [0.15, 0.2) is 0 Å². The Hall–Kier alpha value is -1.07. The normalized spacial score (nSPS) is 18.2. The van der Waals surface area contributed by atoms with E-state index in [0.717, 1.165) is 31.5 Å². The predicted octanol–water partition coefficient (Wildman–Crippen LogP) is 1.62. The molecule has 0 bridgehead atoms. The smallest absolute Gasteiger partial charge is 0.0988 e. The van der Waals surface area contributed by atoms with Gasteiger partial charge in [-0.15, -0.1) is 0 Å². The first-order chi connectivity index (χ1) is 5.75. The molecule has 0 aromatic heterocycles. The van der Waals surface area contributed by atoms with Crippen LogP contribution in [0.5, 0.6) is 0 Å². The highest BCUT2D eigenvalue weighted by molar-refractivity contribution is 5.39. The van der Waals surface area contributed by atoms with Gasteiger partial charge in [0.2, 0.25) is 0 Å². The van der Waals surface area contributed by atoms with Crippen LogP contribution >= 0.6 is 0 Å². The zero-order valence-electron chi connectivity index (χ0n) is 7.27. The molecule has 0 radical (unpaired) electrons. The molecular weight excluding hydrogens is 148 g/mol. The van der Waals surface area contributed by atoms with Crippen molar-refractivity contribution in [2.75, 3.05) is 13.1 Å². The van der Waals surface area contributed by atoms with Gasteiger partial charge in [-0.05, 0) is 37.4 Å². The molecule has 1 N–H and O–H groups in total. The molecule has 1 heterocycles. The molecule has 12 heavy (non-hydrogen) atoms. The topological polar surface area (TPSA) is 35.8 Å². The van der Waals surface area contributed by atoms with Crippen molar-refractivity contribution < 1.29 is 0 Å². The van der Waals surface area contributed by atoms with Gasteiger partial charge < -0.3 is 5.32 Å². The Balaban J connectivity index is 2.52. The number of nitriles is 1. The largest absolute Gasteiger partial charge is 0.317 e. The SMILES string of the molecule is C=C(C#N)C(=C)C1CCNCC1. The number of nitrogens with zero attached hydrogens (tertiary/aromatic N) is 1. The summed E-state index contributed by atoms with van der Waals surface area (Å²) in [7, 11) is 0. The standard InChI is InChI=1S/C10H14N2/c1-8(7-11)9(2)10-3-5-12-6-4-10/h10,12H,1-6H2. The molecule has 0 atom stereocenters. The van der Waals surface area contributed by atoms with Crippen LogP contribution in [0.15, 0.2) is 24.3 Å². The highest BCUT2D eigenvalue weighted by Crippen LogP contribution is 2.24. The molecule has 0 aromatic carbocycles. The average molecular weight is 162 g/mol. The van der Waals surface area contributed by atoms with Crippen molar-refractivity contribution >= 4 is 0 Å². The maximum absolute atomic E-state index is 8.61. The number of allylic oxidation sites excluding steroid dienone is 2. The Morgan fingerprint density at radius 3 is 2.42 bits per heavy atom. The van der Waals surface area contributed by atoms with Crippen molar-refractivity contribution in [1.29, 1.82) is 5.26 Å². The van der Waals surface area contributed by atoms with Crippen LogP contribution in [0.2, 0.25) is 0 Å². The summed E-state index contributed by atoms with van der Waals surface area (Å²) in [6.45, 7) is 9.63. The van der Waals surface area contributed by atoms with E-state index in [0.29, 0.717) is 11.5 Å². The molecule has 2 nitrogen and oxygen atoms in total. The van der Waals surface area contributed by atoms with E-state index in [9.17, 15) is 0 Å². The zero-order valence-corrected chi connectivity index (χ0v) is 7.27. The summed E-state index contributed by atoms with van der Waals surface area (Å²) in [6, 6.07) is 2.05. The molecule has 0 unspecified atom stereocenters. The summed E-state index contributed by atoms with van der Waals surface area (Å²) >= 11 is 0. The third-order valence-corrected chi connectivity index (χ3v) is 2.35. The van der Waals surface area contributed by atoms with E-state index in [2.05, 4.69) is 18.5 Å². The number of nitrogens with one attached hydrogen (secondary N) is 1. The Morgan fingerprint density at radius 2 is 1.92 bits per heavy atom. The molecule has 0 saturated carbocycles. The molecule has 1 rings (SSSR count). The van der Waals surface area contributed by atoms with Gasteiger partial charge in [-0.2, -0.15) is 5.26 Å². The van der Waals surface area contributed by atoms with E-state index in [1.165, 1.54) is 0 Å². The van der Waals surface area contributed by atoms with Crippen LogP contribution < -0.4 is 5.32 Å². The third-order valence-electron chi connectivity index (χ3n) is 2.35. The second-order valence-corrected chi connectivity index (χ2v) is 3.14. The Morgan fingerprint density at radius 1 is 1.33 bits per heavy atom. The fraction of sp³-hybridized carbons (Fsp3) is 0.500. The third kappa shape index (κ3) is 1.96. The van der Waals surface area contributed by atoms with E-state index in [-0.39, 0.29) is 0 Å². The predicted molar refractivity (Wildman–Crippen MR) is 49.5 cm³/mol. The molecule has 1 aliphatic heterocycles. The van der Waals surface area contributed by atoms with Gasteiger partial charge in [-0.25, -0.2) is 0 Å². The lowest BCUT2D eigenvalue weighted by atomic mass is 9.87. The van der Waals surface area contributed by atoms with Gasteiger partial charge in [0.05, 0.1) is 6.07 Å². The van der Waals surface area contributed by atoms with Crippen LogP contribution in [0.3, 0.4) is 0 Å². The summed E-state index contributed by atoms with van der Waals surface area (Å²) in [5, 5.41) is 11.9. The van der Waals surface area contributed by atoms with Gasteiger partial charge in [-0.3, -0.25) is 0 Å². The number of hydrogen-bond acceptors (Lipinski definition) is 2. The first-order valence-corrected chi connectivity index (χ1v) is 4.24. The maximum atomic E-state index is 8.61. The summed E-state index contributed by atoms with van der Waals surface area (Å²) in [5.41, 5.74) is 1.47. The number of rotatable bonds is 2. The molecule has 0 spiro atoms. The summed E-state index contributed by atoms with van der Waals surface area (Å²) < 4.78 is 0. The molecule has 0 amide bonds. The Kier molecular flexibility index (Phi) is 3.07. The molecule has 0 aliphatic carbocycles. The van der Waals surface area contributed by atoms with Crippen LogP contribution in [-0.4, -0.2) is 13.1 Å². The van der Waals surface area contributed by atoms with E-state index < -0.39 is 0 Å². The molecule has 2 heteroatoms. The quantitative estimate of drug-likeness (QED) is 0.494. The molecule has 1 saturated heterocycles. The molecule has 1 fully saturated rings. The van der Waals surface area contributed by atoms with Crippen molar-refractivity contribution in [1.82, 2.24) is 5.32 Å². The molecular formula is C10H14N2. The average Bonchev–Trinajstić information content (AvgIpc) is 2.17. The van der Waals surface area contributed by atoms with E-state index in [1.807, 2.05) is 6.07 Å². The summed E-state index contributed by atoms with van der Waals surface area (Å²) in [6.07, 6.45) is 2.17. The van der Waals surface area contributed by atoms with E-state index in [1.54, 1.807) is 0 Å². The summed E-state index contributed by atoms with van der Waals surface area (Å²) in [4.78, 5) is 0. The van der Waals surface area contributed by atoms with Crippen molar-refractivity contribution in [2.24, 2.45) is 5.92 Å². The Bertz CT molecular complexity index is 229. The van der Waals surface area contributed by atoms with Gasteiger partial charge in [0, 0.05) is 5.57 Å². The number of piperidine rings is 1. The van der Waals surface area contributed by atoms with E-state index >= 15 is 0 Å². The first kappa shape index (κ1) is 9.02. The minimum Gasteiger partial charge on any atom is -0.317 e. The van der Waals surface area contributed by atoms with Crippen molar-refractivity contribution in [3.8, 4) is 6.07 Å². The fourth-order valence-electron chi connectivity index (χ4n) is 1.49. The second-order valence-electron chi connectivity index (χ2n) is 3.14. The van der Waals surface area contributed by atoms with Crippen LogP contribution in [0.1, 0.15) is 12.8 Å². The molecule has 64 valence electrons. The highest BCUT2D eigenvalue weighted by Gasteiger charge is 2.17. The molecule has 1 aliphatic rings. The van der Waals surface area contributed by atoms with Gasteiger partial charge in [0.25, 0.3) is 0 Å². The van der Waals surface area contributed by atoms with Crippen molar-refractivity contribution in [3.63, 3.8) is 0 Å². The summed E-state index contributed by atoms with van der Waals surface area (Å²) in [5.74, 6) is 0.471. The number of hydrogen-bond donors (Lipinski definition) is 1. The zero-order chi connectivity index (χ0) is 8.97. The van der Waals surface area contributed by atoms with Crippen molar-refractivity contribution in [3.05, 3.63) is 24.3 Å².